The molecule has 4 aromatic rings. The number of alkyl halides is 2. The molecule has 23 heteroatoms. The number of alkyl carbamates (subject to hydrolysis) is 1. The summed E-state index contributed by atoms with van der Waals surface area (Å²) in [5.74, 6) is -5.79. The Balaban J connectivity index is 0.917. The first-order valence-electron chi connectivity index (χ1n) is 31.4. The molecule has 0 saturated heterocycles. The van der Waals surface area contributed by atoms with Gasteiger partial charge in [0, 0.05) is 105 Å². The smallest absolute Gasteiger partial charge is 0.407 e. The van der Waals surface area contributed by atoms with E-state index in [2.05, 4.69) is 55.3 Å². The summed E-state index contributed by atoms with van der Waals surface area (Å²) < 4.78 is 35.1. The van der Waals surface area contributed by atoms with Gasteiger partial charge in [0.05, 0.1) is 36.7 Å². The molecule has 0 fully saturated rings. The molecule has 90 heavy (non-hydrogen) atoms. The molecule has 0 spiro atoms. The fourth-order valence-electron chi connectivity index (χ4n) is 10.7. The quantitative estimate of drug-likeness (QED) is 0.0203. The van der Waals surface area contributed by atoms with E-state index in [1.807, 2.05) is 44.0 Å². The zero-order valence-corrected chi connectivity index (χ0v) is 52.8. The molecule has 0 radical (unpaired) electrons. The second kappa shape index (κ2) is 35.0. The van der Waals surface area contributed by atoms with Crippen LogP contribution in [0.3, 0.4) is 0 Å². The van der Waals surface area contributed by atoms with Crippen molar-refractivity contribution in [3.8, 4) is 0 Å². The number of hydrogen-bond donors (Lipinski definition) is 8. The molecule has 2 aliphatic rings. The highest BCUT2D eigenvalue weighted by Gasteiger charge is 2.32. The molecule has 8 amide bonds. The summed E-state index contributed by atoms with van der Waals surface area (Å²) in [7, 11) is 0. The Bertz CT molecular complexity index is 3180. The fraction of sp³-hybridized carbons (Fsp3) is 0.493. The lowest BCUT2D eigenvalue weighted by atomic mass is 9.89. The molecule has 3 aromatic carbocycles. The molecular formula is C67H90F2N12O9. The summed E-state index contributed by atoms with van der Waals surface area (Å²) in [6.07, 6.45) is 10.5. The molecular weight excluding hydrogens is 1150 g/mol. The highest BCUT2D eigenvalue weighted by atomic mass is 19.3. The molecule has 10 N–H and O–H groups in total. The second-order valence-corrected chi connectivity index (χ2v) is 24.0. The number of hydrogen-bond acceptors (Lipinski definition) is 13. The number of ketones is 1. The minimum atomic E-state index is -3.53. The monoisotopic (exact) mass is 1240 g/mol. The van der Waals surface area contributed by atoms with Crippen LogP contribution in [0.4, 0.5) is 35.4 Å². The Morgan fingerprint density at radius 1 is 0.767 bits per heavy atom. The molecule has 6 rings (SSSR count). The maximum Gasteiger partial charge on any atom is 0.407 e. The van der Waals surface area contributed by atoms with Crippen LogP contribution in [0, 0.1) is 17.8 Å². The van der Waals surface area contributed by atoms with Gasteiger partial charge >= 0.3 is 12.1 Å². The molecule has 0 aliphatic carbocycles. The number of aromatic nitrogens is 1. The van der Waals surface area contributed by atoms with E-state index in [4.69, 9.17) is 16.2 Å². The molecule has 2 unspecified atom stereocenters. The van der Waals surface area contributed by atoms with E-state index in [1.54, 1.807) is 79.0 Å². The summed E-state index contributed by atoms with van der Waals surface area (Å²) in [6.45, 7) is 12.8. The first-order chi connectivity index (χ1) is 43.0. The number of pyridine rings is 1. The summed E-state index contributed by atoms with van der Waals surface area (Å²) in [5, 5.41) is 15.4. The molecule has 3 heterocycles. The minimum absolute atomic E-state index is 0.0729. The zero-order chi connectivity index (χ0) is 65.3. The van der Waals surface area contributed by atoms with Crippen molar-refractivity contribution in [1.82, 2.24) is 36.1 Å². The van der Waals surface area contributed by atoms with Gasteiger partial charge < -0.3 is 53.0 Å². The normalized spacial score (nSPS) is 13.7. The van der Waals surface area contributed by atoms with Crippen LogP contribution in [0.25, 0.3) is 6.08 Å². The van der Waals surface area contributed by atoms with Crippen LogP contribution < -0.4 is 43.4 Å². The number of unbranched alkanes of at least 4 members (excludes halogenated alkanes) is 3. The third-order valence-electron chi connectivity index (χ3n) is 15.5. The van der Waals surface area contributed by atoms with E-state index in [-0.39, 0.29) is 73.2 Å². The number of nitrogens with two attached hydrogens (primary N) is 2. The van der Waals surface area contributed by atoms with Gasteiger partial charge in [-0.3, -0.25) is 38.7 Å². The van der Waals surface area contributed by atoms with Crippen molar-refractivity contribution in [1.29, 1.82) is 0 Å². The second-order valence-electron chi connectivity index (χ2n) is 24.0. The number of nitrogens with zero attached hydrogens (tertiary/aromatic N) is 4. The van der Waals surface area contributed by atoms with Gasteiger partial charge in [0.1, 0.15) is 12.4 Å². The Kier molecular flexibility index (Phi) is 27.4. The van der Waals surface area contributed by atoms with Gasteiger partial charge in [-0.2, -0.15) is 0 Å². The van der Waals surface area contributed by atoms with Gasteiger partial charge in [-0.05, 0) is 109 Å². The van der Waals surface area contributed by atoms with Crippen LogP contribution in [-0.4, -0.2) is 119 Å². The number of rotatable bonds is 34. The lowest BCUT2D eigenvalue weighted by Gasteiger charge is -2.28. The standard InChI is InChI=1S/C67H90F2N12O9/c1-7-29-81(30-8-2)64(87)51-32-48-23-24-50(34-56(48)78-58(70)36-51)63(86)77-54-33-52-39-80(31-27-55(52)73-37-54)38-45-17-21-47(22-18-45)61(84)74-41-67(68,69)42-75-66(89)90-40-46-19-25-53(26-20-46)76-62(85)49(15-13-28-72-65(71)88)35-57(82)60(44(5)6)79-59(83)16-12-10-9-11-14-43(3)4/h17-26,32-34,37,43-44,49,60H,7-16,27-31,35-36,38-42H2,1-6H3,(H2,70,78)(H,74,84)(H,75,89)(H,76,85)(H,77,86)(H,79,83)(H3,71,72,88). The summed E-state index contributed by atoms with van der Waals surface area (Å²) in [5.41, 5.74) is 17.8. The fourth-order valence-corrected chi connectivity index (χ4v) is 10.7. The number of carbonyl (C=O) groups excluding carboxylic acids is 8. The van der Waals surface area contributed by atoms with Gasteiger partial charge in [0.15, 0.2) is 5.78 Å². The number of Topliss-reactive ketones (excluding diaryl/α,β-unsaturated/α-hetero) is 1. The largest absolute Gasteiger partial charge is 0.445 e. The number of aliphatic imine (C=N–C) groups is 1. The molecule has 0 bridgehead atoms. The van der Waals surface area contributed by atoms with E-state index in [0.717, 1.165) is 55.3 Å². The van der Waals surface area contributed by atoms with Crippen LogP contribution in [0.5, 0.6) is 0 Å². The average Bonchev–Trinajstić information content (AvgIpc) is 2.56. The molecule has 21 nitrogen and oxygen atoms in total. The number of amidine groups is 1. The Labute approximate surface area is 526 Å². The predicted octanol–water partition coefficient (Wildman–Crippen LogP) is 9.71. The molecule has 2 aliphatic heterocycles. The Morgan fingerprint density at radius 2 is 1.46 bits per heavy atom. The van der Waals surface area contributed by atoms with E-state index in [9.17, 15) is 47.1 Å². The lowest BCUT2D eigenvalue weighted by molar-refractivity contribution is -0.131. The number of benzene rings is 3. The highest BCUT2D eigenvalue weighted by molar-refractivity contribution is 6.08. The number of ether oxygens (including phenoxy) is 1. The molecule has 0 saturated carbocycles. The first-order valence-corrected chi connectivity index (χ1v) is 31.4. The van der Waals surface area contributed by atoms with Crippen molar-refractivity contribution in [2.24, 2.45) is 34.2 Å². The highest BCUT2D eigenvalue weighted by Crippen LogP contribution is 2.30. The van der Waals surface area contributed by atoms with Crippen LogP contribution in [0.1, 0.15) is 167 Å². The predicted molar refractivity (Wildman–Crippen MR) is 344 cm³/mol. The number of anilines is 2. The van der Waals surface area contributed by atoms with Gasteiger partial charge in [0.2, 0.25) is 17.7 Å². The topological polar surface area (TPSA) is 302 Å². The lowest BCUT2D eigenvalue weighted by Crippen LogP contribution is -2.45. The third-order valence-corrected chi connectivity index (χ3v) is 15.5. The van der Waals surface area contributed by atoms with Crippen molar-refractivity contribution in [3.05, 3.63) is 124 Å². The van der Waals surface area contributed by atoms with Crippen molar-refractivity contribution in [2.75, 3.05) is 49.9 Å². The number of urea groups is 1. The van der Waals surface area contributed by atoms with Crippen LogP contribution in [-0.2, 0) is 50.0 Å². The van der Waals surface area contributed by atoms with Crippen molar-refractivity contribution < 1.29 is 51.9 Å². The van der Waals surface area contributed by atoms with Gasteiger partial charge in [-0.25, -0.2) is 23.4 Å². The van der Waals surface area contributed by atoms with Crippen molar-refractivity contribution >= 4 is 76.4 Å². The molecule has 486 valence electrons. The number of fused-ring (bicyclic) bond motifs is 2. The number of amides is 8. The van der Waals surface area contributed by atoms with Crippen LogP contribution >= 0.6 is 0 Å². The van der Waals surface area contributed by atoms with Crippen molar-refractivity contribution in [2.45, 2.75) is 157 Å². The minimum Gasteiger partial charge on any atom is -0.445 e. The maximum absolute atomic E-state index is 15.0. The van der Waals surface area contributed by atoms with E-state index in [0.29, 0.717) is 104 Å². The molecule has 2 atom stereocenters. The summed E-state index contributed by atoms with van der Waals surface area (Å²) in [4.78, 5) is 117. The third kappa shape index (κ3) is 23.1. The van der Waals surface area contributed by atoms with Crippen molar-refractivity contribution in [3.63, 3.8) is 0 Å². The van der Waals surface area contributed by atoms with Crippen LogP contribution in [0.15, 0.2) is 89.6 Å². The molecule has 1 aromatic heterocycles. The van der Waals surface area contributed by atoms with Gasteiger partial charge in [-0.15, -0.1) is 0 Å². The number of primary amides is 1. The number of nitrogens with one attached hydrogen (secondary N) is 6. The van der Waals surface area contributed by atoms with Crippen LogP contribution in [0.2, 0.25) is 0 Å². The summed E-state index contributed by atoms with van der Waals surface area (Å²) >= 11 is 0. The van der Waals surface area contributed by atoms with E-state index < -0.39 is 54.9 Å². The maximum atomic E-state index is 15.0. The summed E-state index contributed by atoms with van der Waals surface area (Å²) in [6, 6.07) is 18.3. The SMILES string of the molecule is CCCN(CCC)C(=O)C1=Cc2ccc(C(=O)Nc3cnc4c(c3)CN(Cc3ccc(C(=O)NCC(F)(F)CNC(=O)OCc5ccc(NC(=O)C(CCCNC(N)=O)CC(=O)C(NC(=O)CCCCCCC(C)C)C(C)C)cc5)cc3)CC4)cc2N=C(N)C1. The number of halogens is 2. The van der Waals surface area contributed by atoms with Gasteiger partial charge in [-0.1, -0.05) is 97.6 Å². The van der Waals surface area contributed by atoms with Gasteiger partial charge in [0.25, 0.3) is 17.7 Å². The van der Waals surface area contributed by atoms with E-state index >= 15 is 0 Å². The Hall–Kier alpha value is -8.60. The Morgan fingerprint density at radius 3 is 2.14 bits per heavy atom. The van der Waals surface area contributed by atoms with E-state index in [1.165, 1.54) is 0 Å². The zero-order valence-electron chi connectivity index (χ0n) is 52.8. The average molecular weight is 1250 g/mol. The first kappa shape index (κ1) is 70.5. The number of carbonyl (C=O) groups is 8.